The Morgan fingerprint density at radius 3 is 0.936 bits per heavy atom. The van der Waals surface area contributed by atoms with Gasteiger partial charge in [0.25, 0.3) is 0 Å². The van der Waals surface area contributed by atoms with Crippen LogP contribution in [0.4, 0.5) is 0 Å². The fourth-order valence-corrected chi connectivity index (χ4v) is 5.06. The molecule has 0 amide bonds. The molecule has 0 aliphatic carbocycles. The van der Waals surface area contributed by atoms with Crippen molar-refractivity contribution in [3.63, 3.8) is 0 Å². The van der Waals surface area contributed by atoms with Crippen LogP contribution < -0.4 is 0 Å². The van der Waals surface area contributed by atoms with Gasteiger partial charge in [-0.05, 0) is 25.7 Å². The Hall–Kier alpha value is -2.16. The Kier molecular flexibility index (Phi) is 32.2. The maximum atomic E-state index is 12.6. The lowest BCUT2D eigenvalue weighted by Gasteiger charge is -2.21. The Labute approximate surface area is 286 Å². The van der Waals surface area contributed by atoms with E-state index >= 15 is 0 Å². The minimum absolute atomic E-state index is 0.0399. The molecule has 0 aromatic heterocycles. The zero-order valence-corrected chi connectivity index (χ0v) is 30.6. The normalized spacial score (nSPS) is 12.3. The van der Waals surface area contributed by atoms with Gasteiger partial charge < -0.3 is 23.7 Å². The molecule has 0 aliphatic heterocycles. The summed E-state index contributed by atoms with van der Waals surface area (Å²) in [6.07, 6.45) is 20.0. The lowest BCUT2D eigenvalue weighted by Crippen LogP contribution is -2.34. The molecule has 0 radical (unpaired) electrons. The van der Waals surface area contributed by atoms with Crippen LogP contribution in [-0.4, -0.2) is 62.5 Å². The van der Waals surface area contributed by atoms with Crippen LogP contribution in [0.5, 0.6) is 0 Å². The van der Waals surface area contributed by atoms with E-state index in [4.69, 9.17) is 23.7 Å². The topological polar surface area (TPSA) is 114 Å². The average Bonchev–Trinajstić information content (AvgIpc) is 3.05. The predicted molar refractivity (Wildman–Crippen MR) is 186 cm³/mol. The summed E-state index contributed by atoms with van der Waals surface area (Å²) >= 11 is 0. The van der Waals surface area contributed by atoms with Crippen molar-refractivity contribution >= 4 is 23.9 Å². The van der Waals surface area contributed by atoms with Crippen molar-refractivity contribution in [1.82, 2.24) is 0 Å². The molecule has 2 atom stereocenters. The van der Waals surface area contributed by atoms with Gasteiger partial charge in [0.2, 0.25) is 0 Å². The number of ether oxygens (including phenoxy) is 5. The van der Waals surface area contributed by atoms with Gasteiger partial charge in [-0.2, -0.15) is 0 Å². The molecule has 0 aliphatic rings. The molecule has 0 aromatic carbocycles. The van der Waals surface area contributed by atoms with E-state index in [1.165, 1.54) is 0 Å². The van der Waals surface area contributed by atoms with Gasteiger partial charge in [0.05, 0.1) is 13.2 Å². The first-order valence-electron chi connectivity index (χ1n) is 19.1. The molecular weight excluding hydrogens is 600 g/mol. The van der Waals surface area contributed by atoms with E-state index in [9.17, 15) is 19.2 Å². The zero-order valence-electron chi connectivity index (χ0n) is 30.6. The number of hydrogen-bond donors (Lipinski definition) is 0. The van der Waals surface area contributed by atoms with E-state index in [1.54, 1.807) is 0 Å². The molecule has 0 fully saturated rings. The molecular formula is C38H70O9. The molecule has 276 valence electrons. The summed E-state index contributed by atoms with van der Waals surface area (Å²) in [7, 11) is 0. The number of esters is 4. The molecule has 0 spiro atoms. The Morgan fingerprint density at radius 1 is 0.362 bits per heavy atom. The van der Waals surface area contributed by atoms with Gasteiger partial charge in [-0.15, -0.1) is 0 Å². The van der Waals surface area contributed by atoms with E-state index in [2.05, 4.69) is 27.7 Å². The van der Waals surface area contributed by atoms with Crippen molar-refractivity contribution in [2.24, 2.45) is 0 Å². The summed E-state index contributed by atoms with van der Waals surface area (Å²) < 4.78 is 28.1. The SMILES string of the molecule is CCCCCCCC(=O)OCC(COCC(COC(=O)CCCCCCC)OC(=O)CCCCCCC)OC(=O)CCCCCCC. The second-order valence-corrected chi connectivity index (χ2v) is 12.8. The van der Waals surface area contributed by atoms with E-state index in [0.717, 1.165) is 128 Å². The van der Waals surface area contributed by atoms with Gasteiger partial charge in [0.15, 0.2) is 12.2 Å². The molecule has 0 saturated carbocycles. The number of carbonyl (C=O) groups excluding carboxylic acids is 4. The maximum absolute atomic E-state index is 12.6. The summed E-state index contributed by atoms with van der Waals surface area (Å²) in [5.41, 5.74) is 0. The predicted octanol–water partition coefficient (Wildman–Crippen LogP) is 9.36. The first-order valence-corrected chi connectivity index (χ1v) is 19.1. The second kappa shape index (κ2) is 33.7. The molecule has 0 rings (SSSR count). The van der Waals surface area contributed by atoms with Crippen molar-refractivity contribution < 1.29 is 42.9 Å². The van der Waals surface area contributed by atoms with Crippen LogP contribution in [-0.2, 0) is 42.9 Å². The van der Waals surface area contributed by atoms with E-state index in [1.807, 2.05) is 0 Å². The number of rotatable bonds is 34. The van der Waals surface area contributed by atoms with Gasteiger partial charge in [0, 0.05) is 25.7 Å². The molecule has 0 N–H and O–H groups in total. The van der Waals surface area contributed by atoms with Crippen molar-refractivity contribution in [3.05, 3.63) is 0 Å². The maximum Gasteiger partial charge on any atom is 0.306 e. The van der Waals surface area contributed by atoms with E-state index in [-0.39, 0.29) is 50.3 Å². The molecule has 0 aromatic rings. The van der Waals surface area contributed by atoms with Crippen LogP contribution in [0, 0.1) is 0 Å². The number of unbranched alkanes of at least 4 members (excludes halogenated alkanes) is 16. The summed E-state index contributed by atoms with van der Waals surface area (Å²) in [5.74, 6) is -1.36. The van der Waals surface area contributed by atoms with Crippen LogP contribution >= 0.6 is 0 Å². The highest BCUT2D eigenvalue weighted by molar-refractivity contribution is 5.71. The lowest BCUT2D eigenvalue weighted by atomic mass is 10.1. The standard InChI is InChI=1S/C38H70O9/c1-5-9-13-17-21-25-35(39)44-31-33(46-37(41)27-23-19-15-11-7-3)29-43-30-34(47-38(42)28-24-20-16-12-8-4)32-45-36(40)26-22-18-14-10-6-2/h33-34H,5-32H2,1-4H3. The van der Waals surface area contributed by atoms with Crippen LogP contribution in [0.25, 0.3) is 0 Å². The fraction of sp³-hybridized carbons (Fsp3) is 0.895. The largest absolute Gasteiger partial charge is 0.462 e. The van der Waals surface area contributed by atoms with Crippen molar-refractivity contribution in [2.45, 2.75) is 194 Å². The number of hydrogen-bond acceptors (Lipinski definition) is 9. The molecule has 9 nitrogen and oxygen atoms in total. The quantitative estimate of drug-likeness (QED) is 0.0375. The third kappa shape index (κ3) is 30.9. The average molecular weight is 671 g/mol. The second-order valence-electron chi connectivity index (χ2n) is 12.8. The van der Waals surface area contributed by atoms with Crippen LogP contribution in [0.2, 0.25) is 0 Å². The Bertz CT molecular complexity index is 708. The number of carbonyl (C=O) groups is 4. The minimum atomic E-state index is -0.789. The molecule has 0 saturated heterocycles. The van der Waals surface area contributed by atoms with E-state index < -0.39 is 12.2 Å². The Balaban J connectivity index is 5.07. The highest BCUT2D eigenvalue weighted by Crippen LogP contribution is 2.12. The van der Waals surface area contributed by atoms with Gasteiger partial charge in [-0.3, -0.25) is 19.2 Å². The smallest absolute Gasteiger partial charge is 0.306 e. The highest BCUT2D eigenvalue weighted by Gasteiger charge is 2.21. The molecule has 9 heteroatoms. The highest BCUT2D eigenvalue weighted by atomic mass is 16.6. The molecule has 0 bridgehead atoms. The molecule has 47 heavy (non-hydrogen) atoms. The first-order chi connectivity index (χ1) is 22.9. The third-order valence-electron chi connectivity index (χ3n) is 8.00. The van der Waals surface area contributed by atoms with Gasteiger partial charge in [0.1, 0.15) is 13.2 Å². The first kappa shape index (κ1) is 44.8. The zero-order chi connectivity index (χ0) is 34.8. The Morgan fingerprint density at radius 2 is 0.638 bits per heavy atom. The van der Waals surface area contributed by atoms with Crippen LogP contribution in [0.3, 0.4) is 0 Å². The lowest BCUT2D eigenvalue weighted by molar-refractivity contribution is -0.169. The summed E-state index contributed by atoms with van der Waals surface area (Å²) in [6, 6.07) is 0. The van der Waals surface area contributed by atoms with Crippen molar-refractivity contribution in [3.8, 4) is 0 Å². The summed E-state index contributed by atoms with van der Waals surface area (Å²) in [4.78, 5) is 49.9. The van der Waals surface area contributed by atoms with Crippen molar-refractivity contribution in [1.29, 1.82) is 0 Å². The van der Waals surface area contributed by atoms with Crippen LogP contribution in [0.15, 0.2) is 0 Å². The summed E-state index contributed by atoms with van der Waals surface area (Å²) in [5, 5.41) is 0. The monoisotopic (exact) mass is 671 g/mol. The van der Waals surface area contributed by atoms with Gasteiger partial charge in [-0.25, -0.2) is 0 Å². The van der Waals surface area contributed by atoms with Gasteiger partial charge in [-0.1, -0.05) is 130 Å². The van der Waals surface area contributed by atoms with Gasteiger partial charge >= 0.3 is 23.9 Å². The van der Waals surface area contributed by atoms with Crippen LogP contribution in [0.1, 0.15) is 182 Å². The molecule has 2 unspecified atom stereocenters. The van der Waals surface area contributed by atoms with Crippen molar-refractivity contribution in [2.75, 3.05) is 26.4 Å². The molecule has 0 heterocycles. The van der Waals surface area contributed by atoms with E-state index in [0.29, 0.717) is 25.7 Å². The minimum Gasteiger partial charge on any atom is -0.462 e. The fourth-order valence-electron chi connectivity index (χ4n) is 5.06. The third-order valence-corrected chi connectivity index (χ3v) is 8.00. The summed E-state index contributed by atoms with van der Waals surface area (Å²) in [6.45, 7) is 8.29.